The van der Waals surface area contributed by atoms with E-state index in [1.54, 1.807) is 6.20 Å². The summed E-state index contributed by atoms with van der Waals surface area (Å²) in [5, 5.41) is 2.90. The predicted molar refractivity (Wildman–Crippen MR) is 68.3 cm³/mol. The lowest BCUT2D eigenvalue weighted by Gasteiger charge is -2.18. The number of nitrogens with two attached hydrogens (primary N) is 1. The zero-order valence-electron chi connectivity index (χ0n) is 10.5. The van der Waals surface area contributed by atoms with Crippen LogP contribution in [0.15, 0.2) is 24.4 Å². The summed E-state index contributed by atoms with van der Waals surface area (Å²) in [6.45, 7) is 5.03. The molecular weight excluding hydrogens is 214 g/mol. The van der Waals surface area contributed by atoms with E-state index < -0.39 is 0 Å². The molecule has 4 heteroatoms. The third kappa shape index (κ3) is 4.53. The van der Waals surface area contributed by atoms with E-state index in [4.69, 9.17) is 5.73 Å². The molecule has 1 aromatic rings. The van der Waals surface area contributed by atoms with Gasteiger partial charge in [0.05, 0.1) is 5.92 Å². The predicted octanol–water partition coefficient (Wildman–Crippen LogP) is 0.971. The van der Waals surface area contributed by atoms with Gasteiger partial charge in [0.15, 0.2) is 0 Å². The van der Waals surface area contributed by atoms with Gasteiger partial charge in [0.1, 0.15) is 0 Å². The van der Waals surface area contributed by atoms with Gasteiger partial charge in [-0.15, -0.1) is 0 Å². The van der Waals surface area contributed by atoms with Crippen molar-refractivity contribution in [3.8, 4) is 0 Å². The molecule has 1 rings (SSSR count). The van der Waals surface area contributed by atoms with Crippen LogP contribution < -0.4 is 11.1 Å². The normalized spacial score (nSPS) is 12.5. The van der Waals surface area contributed by atoms with E-state index in [1.807, 2.05) is 32.0 Å². The van der Waals surface area contributed by atoms with Crippen molar-refractivity contribution in [3.63, 3.8) is 0 Å². The summed E-state index contributed by atoms with van der Waals surface area (Å²) < 4.78 is 0. The molecule has 1 heterocycles. The van der Waals surface area contributed by atoms with Crippen molar-refractivity contribution in [3.05, 3.63) is 30.1 Å². The maximum atomic E-state index is 11.8. The van der Waals surface area contributed by atoms with E-state index in [9.17, 15) is 4.79 Å². The van der Waals surface area contributed by atoms with Crippen molar-refractivity contribution in [2.75, 3.05) is 13.1 Å². The molecule has 0 aliphatic heterocycles. The number of hydrogen-bond donors (Lipinski definition) is 2. The molecule has 3 N–H and O–H groups in total. The van der Waals surface area contributed by atoms with Crippen molar-refractivity contribution in [1.29, 1.82) is 0 Å². The first-order valence-electron chi connectivity index (χ1n) is 6.02. The minimum Gasteiger partial charge on any atom is -0.355 e. The molecule has 17 heavy (non-hydrogen) atoms. The zero-order chi connectivity index (χ0) is 12.7. The van der Waals surface area contributed by atoms with Gasteiger partial charge in [0, 0.05) is 31.4 Å². The number of nitrogens with zero attached hydrogens (tertiary/aromatic N) is 1. The summed E-state index contributed by atoms with van der Waals surface area (Å²) in [5.74, 6) is 0.215. The molecule has 0 saturated carbocycles. The van der Waals surface area contributed by atoms with Crippen LogP contribution in [0.25, 0.3) is 0 Å². The fraction of sp³-hybridized carbons (Fsp3) is 0.538. The molecule has 1 atom stereocenters. The molecule has 0 fully saturated rings. The van der Waals surface area contributed by atoms with Crippen LogP contribution in [-0.4, -0.2) is 24.0 Å². The Balaban J connectivity index is 2.33. The Labute approximate surface area is 103 Å². The summed E-state index contributed by atoms with van der Waals surface area (Å²) in [6.07, 6.45) is 2.51. The van der Waals surface area contributed by atoms with Gasteiger partial charge in [-0.2, -0.15) is 0 Å². The molecule has 1 unspecified atom stereocenters. The smallest absolute Gasteiger partial charge is 0.224 e. The van der Waals surface area contributed by atoms with E-state index in [-0.39, 0.29) is 17.7 Å². The van der Waals surface area contributed by atoms with E-state index in [0.29, 0.717) is 13.1 Å². The van der Waals surface area contributed by atoms with Crippen molar-refractivity contribution < 1.29 is 4.79 Å². The molecule has 0 radical (unpaired) electrons. The van der Waals surface area contributed by atoms with Crippen LogP contribution in [0.5, 0.6) is 0 Å². The fourth-order valence-corrected chi connectivity index (χ4v) is 1.67. The largest absolute Gasteiger partial charge is 0.355 e. The third-order valence-corrected chi connectivity index (χ3v) is 2.80. The molecule has 1 amide bonds. The second-order valence-electron chi connectivity index (χ2n) is 4.45. The van der Waals surface area contributed by atoms with Gasteiger partial charge in [-0.05, 0) is 18.1 Å². The van der Waals surface area contributed by atoms with E-state index in [1.165, 1.54) is 0 Å². The lowest BCUT2D eigenvalue weighted by molar-refractivity contribution is -0.125. The maximum absolute atomic E-state index is 11.8. The molecule has 0 aliphatic carbocycles. The lowest BCUT2D eigenvalue weighted by atomic mass is 9.95. The first-order chi connectivity index (χ1) is 8.15. The summed E-state index contributed by atoms with van der Waals surface area (Å²) >= 11 is 0. The number of amides is 1. The fourth-order valence-electron chi connectivity index (χ4n) is 1.67. The van der Waals surface area contributed by atoms with Crippen LogP contribution in [-0.2, 0) is 11.2 Å². The summed E-state index contributed by atoms with van der Waals surface area (Å²) in [6, 6.07) is 5.78. The zero-order valence-corrected chi connectivity index (χ0v) is 10.5. The van der Waals surface area contributed by atoms with Crippen LogP contribution in [0.2, 0.25) is 0 Å². The highest BCUT2D eigenvalue weighted by molar-refractivity contribution is 5.79. The Morgan fingerprint density at radius 1 is 1.47 bits per heavy atom. The monoisotopic (exact) mass is 235 g/mol. The Kier molecular flexibility index (Phi) is 5.63. The number of pyridine rings is 1. The van der Waals surface area contributed by atoms with Crippen molar-refractivity contribution in [1.82, 2.24) is 10.3 Å². The summed E-state index contributed by atoms with van der Waals surface area (Å²) in [4.78, 5) is 16.0. The van der Waals surface area contributed by atoms with Crippen LogP contribution in [0.3, 0.4) is 0 Å². The number of carbonyl (C=O) groups is 1. The average molecular weight is 235 g/mol. The van der Waals surface area contributed by atoms with Crippen LogP contribution in [0.1, 0.15) is 19.5 Å². The van der Waals surface area contributed by atoms with E-state index in [2.05, 4.69) is 10.3 Å². The minimum atomic E-state index is -0.0984. The molecular formula is C13H21N3O. The first-order valence-corrected chi connectivity index (χ1v) is 6.02. The van der Waals surface area contributed by atoms with Gasteiger partial charge in [-0.1, -0.05) is 19.9 Å². The van der Waals surface area contributed by atoms with Gasteiger partial charge in [0.25, 0.3) is 0 Å². The molecule has 0 spiro atoms. The van der Waals surface area contributed by atoms with Gasteiger partial charge < -0.3 is 11.1 Å². The summed E-state index contributed by atoms with van der Waals surface area (Å²) in [5.41, 5.74) is 6.57. The molecule has 0 saturated heterocycles. The van der Waals surface area contributed by atoms with Gasteiger partial charge >= 0.3 is 0 Å². The number of carbonyl (C=O) groups excluding carboxylic acids is 1. The Hall–Kier alpha value is -1.42. The number of hydrogen-bond acceptors (Lipinski definition) is 3. The number of rotatable bonds is 6. The van der Waals surface area contributed by atoms with Gasteiger partial charge in [0.2, 0.25) is 5.91 Å². The average Bonchev–Trinajstić information content (AvgIpc) is 2.30. The molecule has 0 bridgehead atoms. The highest BCUT2D eigenvalue weighted by Crippen LogP contribution is 2.08. The highest BCUT2D eigenvalue weighted by Gasteiger charge is 2.19. The standard InChI is InChI=1S/C13H21N3O/c1-10(2)12(9-14)13(17)16-8-6-11-5-3-4-7-15-11/h3-5,7,10,12H,6,8-9,14H2,1-2H3,(H,16,17). The van der Waals surface area contributed by atoms with Crippen LogP contribution in [0, 0.1) is 11.8 Å². The second-order valence-corrected chi connectivity index (χ2v) is 4.45. The quantitative estimate of drug-likeness (QED) is 0.772. The minimum absolute atomic E-state index is 0.0402. The Morgan fingerprint density at radius 2 is 2.24 bits per heavy atom. The van der Waals surface area contributed by atoms with Crippen molar-refractivity contribution >= 4 is 5.91 Å². The van der Waals surface area contributed by atoms with Crippen molar-refractivity contribution in [2.45, 2.75) is 20.3 Å². The van der Waals surface area contributed by atoms with Gasteiger partial charge in [-0.3, -0.25) is 9.78 Å². The molecule has 0 aliphatic rings. The molecule has 0 aromatic carbocycles. The topological polar surface area (TPSA) is 68.0 Å². The molecule has 94 valence electrons. The molecule has 4 nitrogen and oxygen atoms in total. The first kappa shape index (κ1) is 13.6. The van der Waals surface area contributed by atoms with E-state index >= 15 is 0 Å². The maximum Gasteiger partial charge on any atom is 0.224 e. The van der Waals surface area contributed by atoms with Crippen LogP contribution in [0.4, 0.5) is 0 Å². The highest BCUT2D eigenvalue weighted by atomic mass is 16.1. The second kappa shape index (κ2) is 7.01. The van der Waals surface area contributed by atoms with Gasteiger partial charge in [-0.25, -0.2) is 0 Å². The van der Waals surface area contributed by atoms with E-state index in [0.717, 1.165) is 12.1 Å². The third-order valence-electron chi connectivity index (χ3n) is 2.80. The SMILES string of the molecule is CC(C)C(CN)C(=O)NCCc1ccccn1. The lowest BCUT2D eigenvalue weighted by Crippen LogP contribution is -2.38. The molecule has 1 aromatic heterocycles. The number of aromatic nitrogens is 1. The summed E-state index contributed by atoms with van der Waals surface area (Å²) in [7, 11) is 0. The van der Waals surface area contributed by atoms with Crippen LogP contribution >= 0.6 is 0 Å². The number of nitrogens with one attached hydrogen (secondary N) is 1. The van der Waals surface area contributed by atoms with Crippen molar-refractivity contribution in [2.24, 2.45) is 17.6 Å². The Bertz CT molecular complexity index is 338. The Morgan fingerprint density at radius 3 is 2.76 bits per heavy atom.